The summed E-state index contributed by atoms with van der Waals surface area (Å²) in [6.07, 6.45) is 5.47. The lowest BCUT2D eigenvalue weighted by Gasteiger charge is -2.20. The Morgan fingerprint density at radius 3 is 2.38 bits per heavy atom. The number of rotatable bonds is 6. The van der Waals surface area contributed by atoms with Gasteiger partial charge in [0.05, 0.1) is 6.10 Å². The van der Waals surface area contributed by atoms with Crippen LogP contribution >= 0.6 is 12.2 Å². The fourth-order valence-corrected chi connectivity index (χ4v) is 3.74. The van der Waals surface area contributed by atoms with Crippen LogP contribution < -0.4 is 15.4 Å². The quantitative estimate of drug-likeness (QED) is 0.602. The molecule has 170 valence electrons. The van der Waals surface area contributed by atoms with E-state index in [1.54, 1.807) is 30.3 Å². The van der Waals surface area contributed by atoms with E-state index in [1.807, 2.05) is 30.0 Å². The highest BCUT2D eigenvalue weighted by atomic mass is 32.1. The van der Waals surface area contributed by atoms with E-state index >= 15 is 0 Å². The van der Waals surface area contributed by atoms with Gasteiger partial charge in [0.1, 0.15) is 5.75 Å². The van der Waals surface area contributed by atoms with Gasteiger partial charge in [-0.1, -0.05) is 25.8 Å². The van der Waals surface area contributed by atoms with Crippen LogP contribution in [0, 0.1) is 0 Å². The first-order chi connectivity index (χ1) is 15.5. The molecule has 1 saturated heterocycles. The Balaban J connectivity index is 1.57. The molecule has 2 N–H and O–H groups in total. The Bertz CT molecular complexity index is 938. The predicted octanol–water partition coefficient (Wildman–Crippen LogP) is 5.01. The van der Waals surface area contributed by atoms with Crippen LogP contribution in [0.5, 0.6) is 5.75 Å². The van der Waals surface area contributed by atoms with E-state index in [1.165, 1.54) is 12.8 Å². The molecule has 2 aromatic rings. The fraction of sp³-hybridized carbons (Fsp3) is 0.400. The van der Waals surface area contributed by atoms with Gasteiger partial charge in [-0.25, -0.2) is 0 Å². The van der Waals surface area contributed by atoms with Crippen molar-refractivity contribution in [1.82, 2.24) is 10.2 Å². The van der Waals surface area contributed by atoms with Gasteiger partial charge in [0, 0.05) is 29.9 Å². The first-order valence-corrected chi connectivity index (χ1v) is 11.7. The van der Waals surface area contributed by atoms with Gasteiger partial charge in [0.2, 0.25) is 0 Å². The van der Waals surface area contributed by atoms with Crippen molar-refractivity contribution in [2.75, 3.05) is 18.4 Å². The number of likely N-dealkylation sites (tertiary alicyclic amines) is 1. The van der Waals surface area contributed by atoms with Crippen molar-refractivity contribution in [1.29, 1.82) is 0 Å². The lowest BCUT2D eigenvalue weighted by molar-refractivity contribution is 0.0761. The zero-order chi connectivity index (χ0) is 22.9. The molecule has 32 heavy (non-hydrogen) atoms. The van der Waals surface area contributed by atoms with Crippen LogP contribution in [0.3, 0.4) is 0 Å². The van der Waals surface area contributed by atoms with Gasteiger partial charge in [-0.05, 0) is 80.9 Å². The fourth-order valence-electron chi connectivity index (χ4n) is 3.52. The van der Waals surface area contributed by atoms with Crippen LogP contribution in [-0.2, 0) is 0 Å². The molecule has 0 radical (unpaired) electrons. The van der Waals surface area contributed by atoms with Gasteiger partial charge < -0.3 is 15.0 Å². The van der Waals surface area contributed by atoms with Gasteiger partial charge in [0.25, 0.3) is 11.8 Å². The number of amides is 2. The molecule has 3 rings (SSSR count). The summed E-state index contributed by atoms with van der Waals surface area (Å²) in [6, 6.07) is 14.2. The number of carbonyl (C=O) groups is 2. The molecule has 1 aliphatic rings. The van der Waals surface area contributed by atoms with Crippen LogP contribution in [0.1, 0.15) is 66.7 Å². The number of ether oxygens (including phenoxy) is 1. The molecular weight excluding hydrogens is 422 g/mol. The first kappa shape index (κ1) is 23.7. The molecule has 0 spiro atoms. The molecule has 0 saturated carbocycles. The Hall–Kier alpha value is -2.93. The Kier molecular flexibility index (Phi) is 8.62. The van der Waals surface area contributed by atoms with Crippen LogP contribution in [0.25, 0.3) is 0 Å². The molecule has 6 nitrogen and oxygen atoms in total. The predicted molar refractivity (Wildman–Crippen MR) is 131 cm³/mol. The molecule has 1 heterocycles. The number of benzene rings is 2. The van der Waals surface area contributed by atoms with E-state index in [9.17, 15) is 9.59 Å². The summed E-state index contributed by atoms with van der Waals surface area (Å²) in [6.45, 7) is 5.65. The number of nitrogens with zero attached hydrogens (tertiary/aromatic N) is 1. The van der Waals surface area contributed by atoms with Crippen LogP contribution in [0.4, 0.5) is 5.69 Å². The topological polar surface area (TPSA) is 70.7 Å². The van der Waals surface area contributed by atoms with Crippen molar-refractivity contribution in [2.24, 2.45) is 0 Å². The van der Waals surface area contributed by atoms with E-state index in [0.29, 0.717) is 16.8 Å². The molecule has 1 unspecified atom stereocenters. The Labute approximate surface area is 195 Å². The number of hydrogen-bond acceptors (Lipinski definition) is 4. The van der Waals surface area contributed by atoms with Crippen molar-refractivity contribution in [3.63, 3.8) is 0 Å². The summed E-state index contributed by atoms with van der Waals surface area (Å²) in [5.74, 6) is 0.446. The second kappa shape index (κ2) is 11.6. The van der Waals surface area contributed by atoms with Crippen molar-refractivity contribution in [3.8, 4) is 5.75 Å². The minimum atomic E-state index is -0.311. The van der Waals surface area contributed by atoms with Crippen molar-refractivity contribution >= 4 is 34.8 Å². The lowest BCUT2D eigenvalue weighted by atomic mass is 10.1. The SMILES string of the molecule is CCC(C)Oc1ccc(C(=O)NC(=S)Nc2cccc(C(=O)N3CCCCCC3)c2)cc1. The summed E-state index contributed by atoms with van der Waals surface area (Å²) in [5.41, 5.74) is 1.76. The summed E-state index contributed by atoms with van der Waals surface area (Å²) < 4.78 is 5.74. The smallest absolute Gasteiger partial charge is 0.257 e. The number of anilines is 1. The van der Waals surface area contributed by atoms with Crippen molar-refractivity contribution in [3.05, 3.63) is 59.7 Å². The van der Waals surface area contributed by atoms with Gasteiger partial charge in [-0.3, -0.25) is 14.9 Å². The number of thiocarbonyl (C=S) groups is 1. The standard InChI is InChI=1S/C25H31N3O3S/c1-3-18(2)31-22-13-11-19(12-14-22)23(29)27-25(32)26-21-10-8-9-20(17-21)24(30)28-15-6-4-5-7-16-28/h8-14,17-18H,3-7,15-16H2,1-2H3,(H2,26,27,29,32). The maximum atomic E-state index is 12.9. The van der Waals surface area contributed by atoms with E-state index in [-0.39, 0.29) is 23.0 Å². The zero-order valence-electron chi connectivity index (χ0n) is 18.7. The Morgan fingerprint density at radius 1 is 1.03 bits per heavy atom. The summed E-state index contributed by atoms with van der Waals surface area (Å²) in [7, 11) is 0. The number of nitrogens with one attached hydrogen (secondary N) is 2. The molecule has 2 aromatic carbocycles. The van der Waals surface area contributed by atoms with E-state index in [0.717, 1.165) is 38.1 Å². The molecule has 0 bridgehead atoms. The lowest BCUT2D eigenvalue weighted by Crippen LogP contribution is -2.34. The maximum Gasteiger partial charge on any atom is 0.257 e. The summed E-state index contributed by atoms with van der Waals surface area (Å²) in [4.78, 5) is 27.3. The normalized spacial score (nSPS) is 14.8. The zero-order valence-corrected chi connectivity index (χ0v) is 19.5. The minimum absolute atomic E-state index is 0.0326. The average Bonchev–Trinajstić information content (AvgIpc) is 3.08. The molecule has 1 atom stereocenters. The van der Waals surface area contributed by atoms with Crippen LogP contribution in [0.2, 0.25) is 0 Å². The second-order valence-electron chi connectivity index (χ2n) is 8.06. The monoisotopic (exact) mass is 453 g/mol. The van der Waals surface area contributed by atoms with Gasteiger partial charge in [0.15, 0.2) is 5.11 Å². The largest absolute Gasteiger partial charge is 0.491 e. The third-order valence-corrected chi connectivity index (χ3v) is 5.72. The van der Waals surface area contributed by atoms with Crippen LogP contribution in [-0.4, -0.2) is 41.0 Å². The molecule has 0 aromatic heterocycles. The van der Waals surface area contributed by atoms with Crippen LogP contribution in [0.15, 0.2) is 48.5 Å². The summed E-state index contributed by atoms with van der Waals surface area (Å²) in [5, 5.41) is 5.86. The highest BCUT2D eigenvalue weighted by Crippen LogP contribution is 2.17. The van der Waals surface area contributed by atoms with E-state index in [4.69, 9.17) is 17.0 Å². The maximum absolute atomic E-state index is 12.9. The van der Waals surface area contributed by atoms with Gasteiger partial charge >= 0.3 is 0 Å². The highest BCUT2D eigenvalue weighted by molar-refractivity contribution is 7.80. The molecule has 1 aliphatic heterocycles. The minimum Gasteiger partial charge on any atom is -0.491 e. The summed E-state index contributed by atoms with van der Waals surface area (Å²) >= 11 is 5.30. The second-order valence-corrected chi connectivity index (χ2v) is 8.46. The van der Waals surface area contributed by atoms with Gasteiger partial charge in [-0.2, -0.15) is 0 Å². The highest BCUT2D eigenvalue weighted by Gasteiger charge is 2.17. The number of hydrogen-bond donors (Lipinski definition) is 2. The number of carbonyl (C=O) groups excluding carboxylic acids is 2. The third-order valence-electron chi connectivity index (χ3n) is 5.52. The third kappa shape index (κ3) is 6.79. The van der Waals surface area contributed by atoms with Crippen molar-refractivity contribution < 1.29 is 14.3 Å². The van der Waals surface area contributed by atoms with Gasteiger partial charge in [-0.15, -0.1) is 0 Å². The molecule has 1 fully saturated rings. The average molecular weight is 454 g/mol. The molecule has 0 aliphatic carbocycles. The molecular formula is C25H31N3O3S. The first-order valence-electron chi connectivity index (χ1n) is 11.2. The Morgan fingerprint density at radius 2 is 1.72 bits per heavy atom. The van der Waals surface area contributed by atoms with E-state index < -0.39 is 0 Å². The molecule has 2 amide bonds. The van der Waals surface area contributed by atoms with Crippen molar-refractivity contribution in [2.45, 2.75) is 52.1 Å². The van der Waals surface area contributed by atoms with E-state index in [2.05, 4.69) is 17.6 Å². The molecule has 7 heteroatoms.